The van der Waals surface area contributed by atoms with Gasteiger partial charge < -0.3 is 25.0 Å². The largest absolute Gasteiger partial charge is 0.491 e. The fraction of sp³-hybridized carbons (Fsp3) is 0.357. The third-order valence-electron chi connectivity index (χ3n) is 7.09. The molecule has 1 aromatic carbocycles. The Morgan fingerprint density at radius 3 is 2.92 bits per heavy atom. The summed E-state index contributed by atoms with van der Waals surface area (Å²) in [7, 11) is 0. The summed E-state index contributed by atoms with van der Waals surface area (Å²) in [4.78, 5) is 39.0. The number of rotatable bonds is 7. The molecule has 2 saturated heterocycles. The molecule has 0 saturated carbocycles. The Hall–Kier alpha value is -4.02. The lowest BCUT2D eigenvalue weighted by Gasteiger charge is -2.30. The van der Waals surface area contributed by atoms with E-state index in [4.69, 9.17) is 9.47 Å². The Kier molecular flexibility index (Phi) is 6.89. The molecule has 2 N–H and O–H groups in total. The molecular weight excluding hydrogens is 484 g/mol. The van der Waals surface area contributed by atoms with Crippen molar-refractivity contribution < 1.29 is 19.1 Å². The van der Waals surface area contributed by atoms with Gasteiger partial charge in [-0.05, 0) is 48.7 Å². The molecule has 6 rings (SSSR count). The number of aromatic nitrogens is 2. The van der Waals surface area contributed by atoms with E-state index < -0.39 is 0 Å². The molecule has 10 heteroatoms. The predicted molar refractivity (Wildman–Crippen MR) is 143 cm³/mol. The summed E-state index contributed by atoms with van der Waals surface area (Å²) >= 11 is 0. The second-order valence-corrected chi connectivity index (χ2v) is 9.62. The first-order valence-corrected chi connectivity index (χ1v) is 13.0. The van der Waals surface area contributed by atoms with E-state index in [1.54, 1.807) is 41.6 Å². The summed E-state index contributed by atoms with van der Waals surface area (Å²) in [5, 5.41) is 6.29. The smallest absolute Gasteiger partial charge is 0.274 e. The highest BCUT2D eigenvalue weighted by atomic mass is 16.5. The van der Waals surface area contributed by atoms with Gasteiger partial charge in [-0.1, -0.05) is 12.1 Å². The van der Waals surface area contributed by atoms with Crippen LogP contribution in [-0.2, 0) is 11.3 Å². The molecule has 3 aliphatic rings. The summed E-state index contributed by atoms with van der Waals surface area (Å²) in [5.74, 6) is 0.549. The fourth-order valence-electron chi connectivity index (χ4n) is 5.07. The molecule has 2 fully saturated rings. The van der Waals surface area contributed by atoms with Gasteiger partial charge in [0.15, 0.2) is 0 Å². The SMILES string of the molecule is O=C(Nc1cnccc1N1CCNCC1)c1cccc(N2Cc3ccc(OCC4CCCO4)cc3C2=O)n1. The van der Waals surface area contributed by atoms with Crippen molar-refractivity contribution in [2.45, 2.75) is 25.5 Å². The number of carbonyl (C=O) groups excluding carboxylic acids is 2. The summed E-state index contributed by atoms with van der Waals surface area (Å²) < 4.78 is 11.5. The first kappa shape index (κ1) is 24.3. The summed E-state index contributed by atoms with van der Waals surface area (Å²) in [6.45, 7) is 5.09. The number of hydrogen-bond acceptors (Lipinski definition) is 8. The zero-order valence-electron chi connectivity index (χ0n) is 21.1. The number of piperazine rings is 1. The van der Waals surface area contributed by atoms with Gasteiger partial charge in [0, 0.05) is 44.5 Å². The molecule has 0 aliphatic carbocycles. The lowest BCUT2D eigenvalue weighted by atomic mass is 10.1. The van der Waals surface area contributed by atoms with Crippen LogP contribution in [0.3, 0.4) is 0 Å². The molecule has 0 bridgehead atoms. The fourth-order valence-corrected chi connectivity index (χ4v) is 5.07. The molecular formula is C28H30N6O4. The van der Waals surface area contributed by atoms with Gasteiger partial charge in [0.25, 0.3) is 11.8 Å². The summed E-state index contributed by atoms with van der Waals surface area (Å²) in [5.41, 5.74) is 3.26. The summed E-state index contributed by atoms with van der Waals surface area (Å²) in [6.07, 6.45) is 5.52. The van der Waals surface area contributed by atoms with Crippen molar-refractivity contribution in [3.05, 3.63) is 71.7 Å². The molecule has 2 aromatic heterocycles. The zero-order valence-corrected chi connectivity index (χ0v) is 21.1. The van der Waals surface area contributed by atoms with Gasteiger partial charge in [0.05, 0.1) is 30.2 Å². The number of nitrogens with zero attached hydrogens (tertiary/aromatic N) is 4. The number of anilines is 3. The standard InChI is InChI=1S/C28H30N6O4/c35-27(32-24-16-30-9-8-25(24)33-12-10-29-11-13-33)23-4-1-5-26(31-23)34-17-19-6-7-20(15-22(19)28(34)36)38-18-21-3-2-14-37-21/h1,4-9,15-16,21,29H,2-3,10-14,17-18H2,(H,32,35). The molecule has 0 spiro atoms. The molecule has 2 amide bonds. The van der Waals surface area contributed by atoms with E-state index in [0.29, 0.717) is 36.0 Å². The van der Waals surface area contributed by atoms with Gasteiger partial charge in [-0.15, -0.1) is 0 Å². The maximum Gasteiger partial charge on any atom is 0.274 e. The second-order valence-electron chi connectivity index (χ2n) is 9.62. The lowest BCUT2D eigenvalue weighted by molar-refractivity contribution is 0.0679. The van der Waals surface area contributed by atoms with E-state index in [2.05, 4.69) is 25.5 Å². The van der Waals surface area contributed by atoms with Crippen LogP contribution in [0.5, 0.6) is 5.75 Å². The number of amides is 2. The van der Waals surface area contributed by atoms with Crippen molar-refractivity contribution in [1.29, 1.82) is 0 Å². The molecule has 3 aliphatic heterocycles. The monoisotopic (exact) mass is 514 g/mol. The first-order valence-electron chi connectivity index (χ1n) is 13.0. The Morgan fingerprint density at radius 1 is 1.18 bits per heavy atom. The van der Waals surface area contributed by atoms with Gasteiger partial charge in [0.1, 0.15) is 23.9 Å². The topological polar surface area (TPSA) is 109 Å². The highest BCUT2D eigenvalue weighted by Gasteiger charge is 2.30. The average molecular weight is 515 g/mol. The molecule has 3 aromatic rings. The van der Waals surface area contributed by atoms with Crippen LogP contribution >= 0.6 is 0 Å². The van der Waals surface area contributed by atoms with Crippen molar-refractivity contribution in [3.8, 4) is 5.75 Å². The number of nitrogens with one attached hydrogen (secondary N) is 2. The van der Waals surface area contributed by atoms with Crippen molar-refractivity contribution in [3.63, 3.8) is 0 Å². The molecule has 0 radical (unpaired) electrons. The molecule has 1 atom stereocenters. The number of ether oxygens (including phenoxy) is 2. The number of hydrogen-bond donors (Lipinski definition) is 2. The van der Waals surface area contributed by atoms with Crippen LogP contribution in [0.15, 0.2) is 54.9 Å². The van der Waals surface area contributed by atoms with Crippen LogP contribution in [0.25, 0.3) is 0 Å². The number of pyridine rings is 2. The highest BCUT2D eigenvalue weighted by molar-refractivity contribution is 6.10. The van der Waals surface area contributed by atoms with E-state index >= 15 is 0 Å². The highest BCUT2D eigenvalue weighted by Crippen LogP contribution is 2.31. The Morgan fingerprint density at radius 2 is 2.08 bits per heavy atom. The lowest BCUT2D eigenvalue weighted by Crippen LogP contribution is -2.43. The number of fused-ring (bicyclic) bond motifs is 1. The molecule has 5 heterocycles. The van der Waals surface area contributed by atoms with Gasteiger partial charge in [0.2, 0.25) is 0 Å². The van der Waals surface area contributed by atoms with Crippen LogP contribution < -0.4 is 25.2 Å². The normalized spacial score (nSPS) is 18.9. The number of benzene rings is 1. The maximum absolute atomic E-state index is 13.3. The molecule has 38 heavy (non-hydrogen) atoms. The van der Waals surface area contributed by atoms with Crippen LogP contribution in [0.1, 0.15) is 39.3 Å². The van der Waals surface area contributed by atoms with Crippen LogP contribution in [0.2, 0.25) is 0 Å². The van der Waals surface area contributed by atoms with Gasteiger partial charge in [-0.3, -0.25) is 19.5 Å². The average Bonchev–Trinajstić information content (AvgIpc) is 3.60. The third kappa shape index (κ3) is 5.05. The van der Waals surface area contributed by atoms with E-state index in [-0.39, 0.29) is 23.6 Å². The molecule has 10 nitrogen and oxygen atoms in total. The minimum absolute atomic E-state index is 0.105. The van der Waals surface area contributed by atoms with Crippen molar-refractivity contribution >= 4 is 29.0 Å². The first-order chi connectivity index (χ1) is 18.7. The molecule has 196 valence electrons. The van der Waals surface area contributed by atoms with Crippen LogP contribution in [-0.4, -0.2) is 67.3 Å². The molecule has 1 unspecified atom stereocenters. The Balaban J connectivity index is 1.16. The minimum Gasteiger partial charge on any atom is -0.491 e. The zero-order chi connectivity index (χ0) is 25.9. The summed E-state index contributed by atoms with van der Waals surface area (Å²) in [6, 6.07) is 12.6. The van der Waals surface area contributed by atoms with Crippen molar-refractivity contribution in [2.75, 3.05) is 54.5 Å². The second kappa shape index (κ2) is 10.8. The van der Waals surface area contributed by atoms with Gasteiger partial charge >= 0.3 is 0 Å². The quantitative estimate of drug-likeness (QED) is 0.496. The van der Waals surface area contributed by atoms with E-state index in [1.807, 2.05) is 18.2 Å². The van der Waals surface area contributed by atoms with Crippen molar-refractivity contribution in [1.82, 2.24) is 15.3 Å². The Labute approximate surface area is 221 Å². The Bertz CT molecular complexity index is 1340. The van der Waals surface area contributed by atoms with Crippen molar-refractivity contribution in [2.24, 2.45) is 0 Å². The van der Waals surface area contributed by atoms with Gasteiger partial charge in [-0.25, -0.2) is 4.98 Å². The third-order valence-corrected chi connectivity index (χ3v) is 7.09. The van der Waals surface area contributed by atoms with Crippen LogP contribution in [0.4, 0.5) is 17.2 Å². The van der Waals surface area contributed by atoms with E-state index in [9.17, 15) is 9.59 Å². The van der Waals surface area contributed by atoms with Crippen LogP contribution in [0, 0.1) is 0 Å². The van der Waals surface area contributed by atoms with Gasteiger partial charge in [-0.2, -0.15) is 0 Å². The van der Waals surface area contributed by atoms with E-state index in [1.165, 1.54) is 0 Å². The predicted octanol–water partition coefficient (Wildman–Crippen LogP) is 2.86. The number of carbonyl (C=O) groups is 2. The maximum atomic E-state index is 13.3. The van der Waals surface area contributed by atoms with E-state index in [0.717, 1.165) is 56.9 Å². The minimum atomic E-state index is -0.356.